The number of fused-ring (bicyclic) bond motifs is 1. The summed E-state index contributed by atoms with van der Waals surface area (Å²) in [6, 6.07) is 5.48. The molecule has 18 heavy (non-hydrogen) atoms. The topological polar surface area (TPSA) is 52.0 Å². The van der Waals surface area contributed by atoms with Gasteiger partial charge in [0.05, 0.1) is 5.39 Å². The zero-order valence-corrected chi connectivity index (χ0v) is 13.4. The van der Waals surface area contributed by atoms with Gasteiger partial charge >= 0.3 is 0 Å². The van der Waals surface area contributed by atoms with E-state index in [0.29, 0.717) is 11.8 Å². The van der Waals surface area contributed by atoms with Crippen LogP contribution in [0.5, 0.6) is 0 Å². The fraction of sp³-hybridized carbons (Fsp3) is 0.250. The van der Waals surface area contributed by atoms with Crippen molar-refractivity contribution in [3.8, 4) is 0 Å². The molecule has 0 fully saturated rings. The minimum absolute atomic E-state index is 0.00486. The fourth-order valence-corrected chi connectivity index (χ4v) is 2.70. The predicted molar refractivity (Wildman–Crippen MR) is 81.7 cm³/mol. The van der Waals surface area contributed by atoms with Gasteiger partial charge in [0.15, 0.2) is 5.78 Å². The van der Waals surface area contributed by atoms with Gasteiger partial charge in [-0.05, 0) is 34.7 Å². The Morgan fingerprint density at radius 3 is 2.83 bits per heavy atom. The number of aromatic nitrogens is 2. The maximum Gasteiger partial charge on any atom is 0.275 e. The molecule has 0 aliphatic carbocycles. The van der Waals surface area contributed by atoms with Crippen molar-refractivity contribution in [2.24, 2.45) is 0 Å². The van der Waals surface area contributed by atoms with E-state index in [-0.39, 0.29) is 17.9 Å². The molecule has 0 radical (unpaired) electrons. The van der Waals surface area contributed by atoms with Gasteiger partial charge in [0.25, 0.3) is 5.56 Å². The number of ketones is 1. The molecule has 0 aliphatic rings. The Kier molecular flexibility index (Phi) is 4.16. The first-order valence-electron chi connectivity index (χ1n) is 5.40. The van der Waals surface area contributed by atoms with Gasteiger partial charge in [-0.2, -0.15) is 5.10 Å². The van der Waals surface area contributed by atoms with Crippen molar-refractivity contribution in [2.45, 2.75) is 19.9 Å². The third-order valence-electron chi connectivity index (χ3n) is 2.60. The summed E-state index contributed by atoms with van der Waals surface area (Å²) in [5.74, 6) is -0.00486. The molecule has 0 N–H and O–H groups in total. The molecule has 6 heteroatoms. The Labute approximate surface area is 126 Å². The van der Waals surface area contributed by atoms with Crippen molar-refractivity contribution in [3.05, 3.63) is 36.7 Å². The number of rotatable bonds is 3. The molecule has 0 bridgehead atoms. The molecule has 0 unspecified atom stereocenters. The number of benzene rings is 1. The molecule has 0 saturated carbocycles. The Morgan fingerprint density at radius 1 is 1.44 bits per heavy atom. The summed E-state index contributed by atoms with van der Waals surface area (Å²) >= 11 is 5.42. The predicted octanol–water partition coefficient (Wildman–Crippen LogP) is 2.74. The van der Waals surface area contributed by atoms with Crippen molar-refractivity contribution >= 4 is 55.1 Å². The molecular weight excluding hydrogens is 411 g/mol. The molecule has 1 aromatic heterocycles. The lowest BCUT2D eigenvalue weighted by atomic mass is 10.2. The first kappa shape index (κ1) is 13.7. The highest BCUT2D eigenvalue weighted by molar-refractivity contribution is 14.1. The second-order valence-electron chi connectivity index (χ2n) is 3.84. The van der Waals surface area contributed by atoms with E-state index >= 15 is 0 Å². The highest BCUT2D eigenvalue weighted by Gasteiger charge is 2.11. The smallest absolute Gasteiger partial charge is 0.275 e. The zero-order chi connectivity index (χ0) is 13.3. The Hall–Kier alpha value is -0.760. The Morgan fingerprint density at radius 2 is 2.17 bits per heavy atom. The van der Waals surface area contributed by atoms with Gasteiger partial charge in [-0.25, -0.2) is 4.68 Å². The fourth-order valence-electron chi connectivity index (χ4n) is 1.60. The van der Waals surface area contributed by atoms with Crippen LogP contribution in [-0.4, -0.2) is 15.6 Å². The summed E-state index contributed by atoms with van der Waals surface area (Å²) in [5, 5.41) is 5.56. The van der Waals surface area contributed by atoms with Crippen molar-refractivity contribution in [3.63, 3.8) is 0 Å². The van der Waals surface area contributed by atoms with Crippen molar-refractivity contribution in [1.29, 1.82) is 0 Å². The van der Waals surface area contributed by atoms with Crippen LogP contribution in [0.4, 0.5) is 0 Å². The van der Waals surface area contributed by atoms with E-state index in [9.17, 15) is 9.59 Å². The van der Waals surface area contributed by atoms with E-state index in [1.165, 1.54) is 4.68 Å². The molecule has 4 nitrogen and oxygen atoms in total. The number of hydrogen-bond acceptors (Lipinski definition) is 3. The maximum atomic E-state index is 12.2. The van der Waals surface area contributed by atoms with E-state index in [0.717, 1.165) is 13.6 Å². The number of nitrogens with zero attached hydrogens (tertiary/aromatic N) is 2. The van der Waals surface area contributed by atoms with Gasteiger partial charge in [0.2, 0.25) is 0 Å². The summed E-state index contributed by atoms with van der Waals surface area (Å²) in [7, 11) is 0. The van der Waals surface area contributed by atoms with E-state index in [1.807, 2.05) is 12.1 Å². The lowest BCUT2D eigenvalue weighted by molar-refractivity contribution is -0.119. The van der Waals surface area contributed by atoms with E-state index in [1.54, 1.807) is 13.0 Å². The van der Waals surface area contributed by atoms with Gasteiger partial charge in [-0.1, -0.05) is 28.9 Å². The van der Waals surface area contributed by atoms with Gasteiger partial charge < -0.3 is 0 Å². The molecule has 1 heterocycles. The second-order valence-corrected chi connectivity index (χ2v) is 5.77. The van der Waals surface area contributed by atoms with Crippen molar-refractivity contribution in [2.75, 3.05) is 0 Å². The lowest BCUT2D eigenvalue weighted by Gasteiger charge is -2.07. The van der Waals surface area contributed by atoms with Gasteiger partial charge in [-0.3, -0.25) is 9.59 Å². The summed E-state index contributed by atoms with van der Waals surface area (Å²) in [6.45, 7) is 1.81. The summed E-state index contributed by atoms with van der Waals surface area (Å²) in [4.78, 5) is 23.6. The number of hydrogen-bond donors (Lipinski definition) is 0. The van der Waals surface area contributed by atoms with Crippen molar-refractivity contribution < 1.29 is 4.79 Å². The lowest BCUT2D eigenvalue weighted by Crippen LogP contribution is -2.27. The Balaban J connectivity index is 2.67. The zero-order valence-electron chi connectivity index (χ0n) is 9.61. The van der Waals surface area contributed by atoms with Gasteiger partial charge in [-0.15, -0.1) is 0 Å². The third-order valence-corrected chi connectivity index (χ3v) is 3.89. The van der Waals surface area contributed by atoms with Crippen LogP contribution in [0.3, 0.4) is 0 Å². The molecule has 2 rings (SSSR count). The van der Waals surface area contributed by atoms with Gasteiger partial charge in [0.1, 0.15) is 10.2 Å². The molecule has 0 amide bonds. The maximum absolute atomic E-state index is 12.2. The van der Waals surface area contributed by atoms with Crippen LogP contribution in [0.2, 0.25) is 0 Å². The standard InChI is InChI=1S/C12H10BrIN2O2/c1-2-8(17)6-16-12(18)10-5-7(13)3-4-9(10)11(14)15-16/h3-5H,2,6H2,1H3. The molecule has 1 aromatic carbocycles. The second kappa shape index (κ2) is 5.48. The highest BCUT2D eigenvalue weighted by atomic mass is 127. The van der Waals surface area contributed by atoms with Crippen LogP contribution < -0.4 is 5.56 Å². The summed E-state index contributed by atoms with van der Waals surface area (Å²) in [5.41, 5.74) is -0.228. The van der Waals surface area contributed by atoms with Gasteiger partial charge in [0, 0.05) is 16.3 Å². The minimum Gasteiger partial charge on any atom is -0.298 e. The van der Waals surface area contributed by atoms with E-state index < -0.39 is 0 Å². The van der Waals surface area contributed by atoms with Crippen LogP contribution in [0.25, 0.3) is 10.8 Å². The van der Waals surface area contributed by atoms with Crippen LogP contribution in [0.15, 0.2) is 27.5 Å². The third kappa shape index (κ3) is 2.64. The first-order chi connectivity index (χ1) is 8.52. The SMILES string of the molecule is CCC(=O)Cn1nc(I)c2ccc(Br)cc2c1=O. The minimum atomic E-state index is -0.228. The molecule has 0 saturated heterocycles. The molecular formula is C12H10BrIN2O2. The normalized spacial score (nSPS) is 10.8. The largest absolute Gasteiger partial charge is 0.298 e. The quantitative estimate of drug-likeness (QED) is 0.717. The highest BCUT2D eigenvalue weighted by Crippen LogP contribution is 2.20. The Bertz CT molecular complexity index is 682. The molecule has 2 aromatic rings. The average molecular weight is 421 g/mol. The number of carbonyl (C=O) groups excluding carboxylic acids is 1. The van der Waals surface area contributed by atoms with E-state index in [4.69, 9.17) is 0 Å². The van der Waals surface area contributed by atoms with Crippen LogP contribution in [0, 0.1) is 3.70 Å². The average Bonchev–Trinajstić information content (AvgIpc) is 2.35. The molecule has 0 spiro atoms. The van der Waals surface area contributed by atoms with E-state index in [2.05, 4.69) is 43.6 Å². The summed E-state index contributed by atoms with van der Waals surface area (Å²) in [6.07, 6.45) is 0.404. The first-order valence-corrected chi connectivity index (χ1v) is 7.27. The number of carbonyl (C=O) groups is 1. The van der Waals surface area contributed by atoms with Crippen LogP contribution >= 0.6 is 38.5 Å². The van der Waals surface area contributed by atoms with Crippen molar-refractivity contribution in [1.82, 2.24) is 9.78 Å². The molecule has 94 valence electrons. The van der Waals surface area contributed by atoms with Crippen LogP contribution in [0.1, 0.15) is 13.3 Å². The summed E-state index contributed by atoms with van der Waals surface area (Å²) < 4.78 is 2.80. The number of halogens is 2. The van der Waals surface area contributed by atoms with Crippen LogP contribution in [-0.2, 0) is 11.3 Å². The molecule has 0 atom stereocenters. The monoisotopic (exact) mass is 420 g/mol. The number of Topliss-reactive ketones (excluding diaryl/α,β-unsaturated/α-hetero) is 1. The molecule has 0 aliphatic heterocycles.